The molecule has 1 saturated carbocycles. The average Bonchev–Trinajstić information content (AvgIpc) is 3.22. The van der Waals surface area contributed by atoms with Crippen LogP contribution in [0.3, 0.4) is 0 Å². The number of nitrogens with one attached hydrogen (secondary N) is 1. The molecule has 2 rings (SSSR count). The summed E-state index contributed by atoms with van der Waals surface area (Å²) in [6.07, 6.45) is 2.33. The Labute approximate surface area is 122 Å². The van der Waals surface area contributed by atoms with E-state index in [0.717, 1.165) is 6.54 Å². The van der Waals surface area contributed by atoms with Gasteiger partial charge in [0.05, 0.1) is 16.3 Å². The second-order valence-corrected chi connectivity index (χ2v) is 5.32. The third-order valence-corrected chi connectivity index (χ3v) is 3.63. The maximum absolute atomic E-state index is 12.1. The summed E-state index contributed by atoms with van der Waals surface area (Å²) in [5.74, 6) is -0.455. The van der Waals surface area contributed by atoms with E-state index in [1.165, 1.54) is 31.0 Å². The maximum atomic E-state index is 12.1. The Hall–Kier alpha value is -1.75. The summed E-state index contributed by atoms with van der Waals surface area (Å²) < 4.78 is 0. The van der Waals surface area contributed by atoms with E-state index in [1.54, 1.807) is 4.90 Å². The topological polar surface area (TPSA) is 69.6 Å². The summed E-state index contributed by atoms with van der Waals surface area (Å²) in [5.41, 5.74) is 0.417. The molecule has 1 aromatic carbocycles. The molecule has 0 bridgehead atoms. The van der Waals surface area contributed by atoms with Gasteiger partial charge >= 0.3 is 12.0 Å². The summed E-state index contributed by atoms with van der Waals surface area (Å²) in [5, 5.41) is 12.0. The third kappa shape index (κ3) is 3.63. The Bertz CT molecular complexity index is 529. The van der Waals surface area contributed by atoms with E-state index in [4.69, 9.17) is 16.7 Å². The smallest absolute Gasteiger partial charge is 0.335 e. The van der Waals surface area contributed by atoms with Crippen LogP contribution in [0.2, 0.25) is 5.02 Å². The molecule has 0 unspecified atom stereocenters. The largest absolute Gasteiger partial charge is 0.478 e. The molecule has 0 aliphatic heterocycles. The van der Waals surface area contributed by atoms with Crippen molar-refractivity contribution in [3.05, 3.63) is 28.8 Å². The number of carboxylic acids is 1. The summed E-state index contributed by atoms with van der Waals surface area (Å²) in [6, 6.07) is 4.00. The van der Waals surface area contributed by atoms with Crippen LogP contribution in [-0.4, -0.2) is 35.1 Å². The van der Waals surface area contributed by atoms with Gasteiger partial charge in [0.15, 0.2) is 0 Å². The fourth-order valence-corrected chi connectivity index (χ4v) is 2.08. The quantitative estimate of drug-likeness (QED) is 0.876. The second kappa shape index (κ2) is 6.13. The van der Waals surface area contributed by atoms with Gasteiger partial charge in [-0.1, -0.05) is 11.6 Å². The third-order valence-electron chi connectivity index (χ3n) is 3.30. The molecule has 20 heavy (non-hydrogen) atoms. The van der Waals surface area contributed by atoms with Crippen LogP contribution in [0.4, 0.5) is 10.5 Å². The number of amides is 2. The van der Waals surface area contributed by atoms with Gasteiger partial charge < -0.3 is 15.3 Å². The zero-order valence-electron chi connectivity index (χ0n) is 11.2. The Morgan fingerprint density at radius 2 is 2.15 bits per heavy atom. The zero-order chi connectivity index (χ0) is 14.7. The molecule has 1 fully saturated rings. The Morgan fingerprint density at radius 1 is 1.45 bits per heavy atom. The first-order valence-corrected chi connectivity index (χ1v) is 6.97. The number of hydrogen-bond donors (Lipinski definition) is 2. The molecule has 2 N–H and O–H groups in total. The SMILES string of the molecule is CCN(CC1CC1)C(=O)Nc1cc(C(=O)O)ccc1Cl. The normalized spacial score (nSPS) is 13.9. The zero-order valence-corrected chi connectivity index (χ0v) is 12.0. The van der Waals surface area contributed by atoms with Crippen molar-refractivity contribution >= 4 is 29.3 Å². The van der Waals surface area contributed by atoms with Crippen LogP contribution in [0, 0.1) is 5.92 Å². The van der Waals surface area contributed by atoms with Gasteiger partial charge in [0.1, 0.15) is 0 Å². The van der Waals surface area contributed by atoms with E-state index in [0.29, 0.717) is 23.2 Å². The van der Waals surface area contributed by atoms with Gasteiger partial charge in [-0.05, 0) is 43.9 Å². The van der Waals surface area contributed by atoms with Crippen molar-refractivity contribution in [1.29, 1.82) is 0 Å². The molecule has 2 amide bonds. The number of benzene rings is 1. The lowest BCUT2D eigenvalue weighted by Crippen LogP contribution is -2.36. The van der Waals surface area contributed by atoms with Crippen LogP contribution >= 0.6 is 11.6 Å². The van der Waals surface area contributed by atoms with Crippen LogP contribution in [-0.2, 0) is 0 Å². The highest BCUT2D eigenvalue weighted by atomic mass is 35.5. The summed E-state index contributed by atoms with van der Waals surface area (Å²) in [6.45, 7) is 3.26. The molecule has 1 aliphatic carbocycles. The van der Waals surface area contributed by atoms with E-state index < -0.39 is 5.97 Å². The first-order chi connectivity index (χ1) is 9.51. The number of rotatable bonds is 5. The highest BCUT2D eigenvalue weighted by molar-refractivity contribution is 6.33. The van der Waals surface area contributed by atoms with Gasteiger partial charge in [-0.2, -0.15) is 0 Å². The molecule has 1 aromatic rings. The maximum Gasteiger partial charge on any atom is 0.335 e. The summed E-state index contributed by atoms with van der Waals surface area (Å²) in [4.78, 5) is 24.8. The lowest BCUT2D eigenvalue weighted by molar-refractivity contribution is 0.0697. The molecular formula is C14H17ClN2O3. The summed E-state index contributed by atoms with van der Waals surface area (Å²) >= 11 is 5.98. The first kappa shape index (κ1) is 14.7. The fourth-order valence-electron chi connectivity index (χ4n) is 1.92. The molecular weight excluding hydrogens is 280 g/mol. The van der Waals surface area contributed by atoms with Crippen LogP contribution < -0.4 is 5.32 Å². The first-order valence-electron chi connectivity index (χ1n) is 6.60. The van der Waals surface area contributed by atoms with Crippen molar-refractivity contribution in [3.63, 3.8) is 0 Å². The van der Waals surface area contributed by atoms with E-state index in [9.17, 15) is 9.59 Å². The standard InChI is InChI=1S/C14H17ClN2O3/c1-2-17(8-9-3-4-9)14(20)16-12-7-10(13(18)19)5-6-11(12)15/h5-7,9H,2-4,8H2,1H3,(H,16,20)(H,18,19). The highest BCUT2D eigenvalue weighted by Gasteiger charge is 2.26. The predicted octanol–water partition coefficient (Wildman–Crippen LogP) is 3.30. The minimum Gasteiger partial charge on any atom is -0.478 e. The van der Waals surface area contributed by atoms with Crippen molar-refractivity contribution in [3.8, 4) is 0 Å². The molecule has 0 radical (unpaired) electrons. The van der Waals surface area contributed by atoms with Crippen molar-refractivity contribution in [1.82, 2.24) is 4.90 Å². The lowest BCUT2D eigenvalue weighted by atomic mass is 10.2. The number of aromatic carboxylic acids is 1. The van der Waals surface area contributed by atoms with Gasteiger partial charge in [-0.25, -0.2) is 9.59 Å². The van der Waals surface area contributed by atoms with E-state index in [-0.39, 0.29) is 11.6 Å². The van der Waals surface area contributed by atoms with E-state index in [1.807, 2.05) is 6.92 Å². The minimum atomic E-state index is -1.05. The van der Waals surface area contributed by atoms with Crippen LogP contribution in [0.5, 0.6) is 0 Å². The van der Waals surface area contributed by atoms with E-state index >= 15 is 0 Å². The monoisotopic (exact) mass is 296 g/mol. The number of halogens is 1. The van der Waals surface area contributed by atoms with Crippen molar-refractivity contribution in [2.45, 2.75) is 19.8 Å². The number of hydrogen-bond acceptors (Lipinski definition) is 2. The van der Waals surface area contributed by atoms with Gasteiger partial charge in [0.2, 0.25) is 0 Å². The molecule has 0 aromatic heterocycles. The number of carbonyl (C=O) groups is 2. The van der Waals surface area contributed by atoms with Gasteiger partial charge in [0, 0.05) is 13.1 Å². The molecule has 0 saturated heterocycles. The lowest BCUT2D eigenvalue weighted by Gasteiger charge is -2.21. The van der Waals surface area contributed by atoms with Crippen molar-refractivity contribution in [2.75, 3.05) is 18.4 Å². The molecule has 0 heterocycles. The number of carboxylic acid groups (broad SMARTS) is 1. The molecule has 5 nitrogen and oxygen atoms in total. The van der Waals surface area contributed by atoms with Crippen LogP contribution in [0.25, 0.3) is 0 Å². The molecule has 1 aliphatic rings. The molecule has 108 valence electrons. The average molecular weight is 297 g/mol. The second-order valence-electron chi connectivity index (χ2n) is 4.91. The Morgan fingerprint density at radius 3 is 2.70 bits per heavy atom. The van der Waals surface area contributed by atoms with E-state index in [2.05, 4.69) is 5.32 Å². The summed E-state index contributed by atoms with van der Waals surface area (Å²) in [7, 11) is 0. The fraction of sp³-hybridized carbons (Fsp3) is 0.429. The Balaban J connectivity index is 2.09. The van der Waals surface area contributed by atoms with Gasteiger partial charge in [0.25, 0.3) is 0 Å². The van der Waals surface area contributed by atoms with Crippen molar-refractivity contribution in [2.24, 2.45) is 5.92 Å². The van der Waals surface area contributed by atoms with Gasteiger partial charge in [-0.3, -0.25) is 0 Å². The Kier molecular flexibility index (Phi) is 4.49. The molecule has 6 heteroatoms. The number of nitrogens with zero attached hydrogens (tertiary/aromatic N) is 1. The molecule has 0 atom stereocenters. The van der Waals surface area contributed by atoms with Crippen LogP contribution in [0.15, 0.2) is 18.2 Å². The number of urea groups is 1. The number of anilines is 1. The van der Waals surface area contributed by atoms with Crippen molar-refractivity contribution < 1.29 is 14.7 Å². The predicted molar refractivity (Wildman–Crippen MR) is 77.4 cm³/mol. The number of carbonyl (C=O) groups excluding carboxylic acids is 1. The highest BCUT2D eigenvalue weighted by Crippen LogP contribution is 2.30. The molecule has 0 spiro atoms. The minimum absolute atomic E-state index is 0.0925. The van der Waals surface area contributed by atoms with Crippen LogP contribution in [0.1, 0.15) is 30.1 Å². The van der Waals surface area contributed by atoms with Gasteiger partial charge in [-0.15, -0.1) is 0 Å².